The zero-order valence-electron chi connectivity index (χ0n) is 21.8. The van der Waals surface area contributed by atoms with E-state index in [1.807, 2.05) is 51.1 Å². The van der Waals surface area contributed by atoms with Gasteiger partial charge in [0.1, 0.15) is 18.2 Å². The number of hydrogen-bond acceptors (Lipinski definition) is 5. The Balaban J connectivity index is 1.49. The predicted octanol–water partition coefficient (Wildman–Crippen LogP) is 5.46. The number of para-hydroxylation sites is 1. The van der Waals surface area contributed by atoms with E-state index in [-0.39, 0.29) is 36.2 Å². The summed E-state index contributed by atoms with van der Waals surface area (Å²) < 4.78 is 25.8. The highest BCUT2D eigenvalue weighted by Gasteiger charge is 2.21. The predicted molar refractivity (Wildman–Crippen MR) is 141 cm³/mol. The van der Waals surface area contributed by atoms with Crippen molar-refractivity contribution in [1.82, 2.24) is 5.32 Å². The van der Waals surface area contributed by atoms with Gasteiger partial charge in [0.15, 0.2) is 0 Å². The summed E-state index contributed by atoms with van der Waals surface area (Å²) in [5.41, 5.74) is 3.12. The Hall–Kier alpha value is -3.26. The molecule has 0 saturated heterocycles. The van der Waals surface area contributed by atoms with Gasteiger partial charge in [-0.3, -0.25) is 0 Å². The van der Waals surface area contributed by atoms with Crippen molar-refractivity contribution in [1.29, 1.82) is 0 Å². The van der Waals surface area contributed by atoms with Crippen molar-refractivity contribution in [2.45, 2.75) is 58.5 Å². The number of aryl methyl sites for hydroxylation is 1. The Morgan fingerprint density at radius 3 is 2.41 bits per heavy atom. The van der Waals surface area contributed by atoms with Crippen LogP contribution >= 0.6 is 0 Å². The van der Waals surface area contributed by atoms with Crippen LogP contribution in [0.5, 0.6) is 5.75 Å². The van der Waals surface area contributed by atoms with Crippen molar-refractivity contribution < 1.29 is 28.9 Å². The van der Waals surface area contributed by atoms with Crippen LogP contribution in [0.15, 0.2) is 66.7 Å². The minimum absolute atomic E-state index is 0.133. The molecule has 0 unspecified atom stereocenters. The highest BCUT2D eigenvalue weighted by Crippen LogP contribution is 2.28. The lowest BCUT2D eigenvalue weighted by atomic mass is 9.94. The largest absolute Gasteiger partial charge is 0.489 e. The van der Waals surface area contributed by atoms with Crippen molar-refractivity contribution in [2.24, 2.45) is 0 Å². The number of aromatic carboxylic acids is 1. The first-order chi connectivity index (χ1) is 17.5. The van der Waals surface area contributed by atoms with Gasteiger partial charge in [0.2, 0.25) is 0 Å². The Bertz CT molecular complexity index is 1180. The van der Waals surface area contributed by atoms with E-state index >= 15 is 0 Å². The molecule has 0 aliphatic heterocycles. The number of hydrogen-bond donors (Lipinski definition) is 3. The van der Waals surface area contributed by atoms with Gasteiger partial charge < -0.3 is 25.0 Å². The Labute approximate surface area is 218 Å². The number of aliphatic hydroxyl groups is 1. The van der Waals surface area contributed by atoms with Gasteiger partial charge in [-0.05, 0) is 75.1 Å². The summed E-state index contributed by atoms with van der Waals surface area (Å²) in [6.45, 7) is 8.43. The van der Waals surface area contributed by atoms with Crippen molar-refractivity contribution in [3.05, 3.63) is 100 Å². The highest BCUT2D eigenvalue weighted by molar-refractivity contribution is 5.87. The van der Waals surface area contributed by atoms with Gasteiger partial charge in [0.05, 0.1) is 24.4 Å². The van der Waals surface area contributed by atoms with Gasteiger partial charge >= 0.3 is 5.97 Å². The third-order valence-corrected chi connectivity index (χ3v) is 6.19. The average Bonchev–Trinajstić information content (AvgIpc) is 2.87. The number of benzene rings is 3. The van der Waals surface area contributed by atoms with E-state index in [0.29, 0.717) is 24.3 Å². The monoisotopic (exact) mass is 509 g/mol. The van der Waals surface area contributed by atoms with Crippen LogP contribution in [0.4, 0.5) is 4.39 Å². The second kappa shape index (κ2) is 12.8. The number of carboxylic acids is 1. The average molecular weight is 510 g/mol. The summed E-state index contributed by atoms with van der Waals surface area (Å²) >= 11 is 0. The van der Waals surface area contributed by atoms with E-state index in [4.69, 9.17) is 14.6 Å². The first-order valence-electron chi connectivity index (χ1n) is 12.4. The van der Waals surface area contributed by atoms with Gasteiger partial charge in [0, 0.05) is 17.6 Å². The van der Waals surface area contributed by atoms with Crippen LogP contribution < -0.4 is 10.1 Å². The normalized spacial score (nSPS) is 13.2. The molecule has 3 aromatic rings. The molecule has 0 amide bonds. The molecule has 0 heterocycles. The summed E-state index contributed by atoms with van der Waals surface area (Å²) in [5.74, 6) is -0.515. The molecule has 0 aliphatic rings. The molecule has 3 rings (SSSR count). The lowest BCUT2D eigenvalue weighted by Gasteiger charge is -2.28. The Kier molecular flexibility index (Phi) is 9.80. The molecule has 0 bridgehead atoms. The standard InChI is InChI=1S/C30H36FNO5/c1-20-9-10-23(15-27(20)31)16-30(3,4)32-17-25(33)19-36-21(2)26-7-5-6-8-28(26)37-18-22-11-13-24(14-12-22)29(34)35/h5-15,21,25,32-33H,16-19H2,1-4H3,(H,34,35)/t21-,25-/m1/s1. The van der Waals surface area contributed by atoms with Crippen molar-refractivity contribution >= 4 is 5.97 Å². The third kappa shape index (κ3) is 8.67. The van der Waals surface area contributed by atoms with E-state index in [1.54, 1.807) is 43.3 Å². The number of carbonyl (C=O) groups is 1. The molecule has 0 radical (unpaired) electrons. The molecule has 0 spiro atoms. The molecule has 198 valence electrons. The van der Waals surface area contributed by atoms with E-state index in [0.717, 1.165) is 16.7 Å². The second-order valence-electron chi connectivity index (χ2n) is 9.98. The maximum Gasteiger partial charge on any atom is 0.335 e. The lowest BCUT2D eigenvalue weighted by molar-refractivity contribution is -0.00520. The minimum Gasteiger partial charge on any atom is -0.489 e. The number of aliphatic hydroxyl groups excluding tert-OH is 1. The van der Waals surface area contributed by atoms with Gasteiger partial charge in [-0.25, -0.2) is 9.18 Å². The highest BCUT2D eigenvalue weighted by atomic mass is 19.1. The van der Waals surface area contributed by atoms with Crippen molar-refractivity contribution in [3.8, 4) is 5.75 Å². The van der Waals surface area contributed by atoms with E-state index in [9.17, 15) is 14.3 Å². The van der Waals surface area contributed by atoms with Gasteiger partial charge in [-0.1, -0.05) is 42.5 Å². The molecule has 6 nitrogen and oxygen atoms in total. The maximum atomic E-state index is 13.9. The number of ether oxygens (including phenoxy) is 2. The van der Waals surface area contributed by atoms with Crippen LogP contribution in [0, 0.1) is 12.7 Å². The van der Waals surface area contributed by atoms with E-state index in [1.165, 1.54) is 0 Å². The second-order valence-corrected chi connectivity index (χ2v) is 9.98. The molecule has 0 aromatic heterocycles. The van der Waals surface area contributed by atoms with Crippen molar-refractivity contribution in [3.63, 3.8) is 0 Å². The SMILES string of the molecule is Cc1ccc(CC(C)(C)NC[C@@H](O)CO[C@H](C)c2ccccc2OCc2ccc(C(=O)O)cc2)cc1F. The minimum atomic E-state index is -0.966. The van der Waals surface area contributed by atoms with Crippen LogP contribution in [-0.2, 0) is 17.8 Å². The van der Waals surface area contributed by atoms with E-state index < -0.39 is 12.1 Å². The number of carboxylic acid groups (broad SMARTS) is 1. The van der Waals surface area contributed by atoms with Crippen LogP contribution in [0.2, 0.25) is 0 Å². The molecule has 0 fully saturated rings. The third-order valence-electron chi connectivity index (χ3n) is 6.19. The molecular formula is C30H36FNO5. The lowest BCUT2D eigenvalue weighted by Crippen LogP contribution is -2.46. The summed E-state index contributed by atoms with van der Waals surface area (Å²) in [4.78, 5) is 11.0. The zero-order chi connectivity index (χ0) is 27.0. The molecule has 7 heteroatoms. The summed E-state index contributed by atoms with van der Waals surface area (Å²) in [7, 11) is 0. The molecule has 37 heavy (non-hydrogen) atoms. The fourth-order valence-electron chi connectivity index (χ4n) is 3.97. The van der Waals surface area contributed by atoms with Gasteiger partial charge in [-0.15, -0.1) is 0 Å². The number of halogens is 1. The van der Waals surface area contributed by atoms with Crippen LogP contribution in [-0.4, -0.2) is 41.0 Å². The fraction of sp³-hybridized carbons (Fsp3) is 0.367. The smallest absolute Gasteiger partial charge is 0.335 e. The summed E-state index contributed by atoms with van der Waals surface area (Å²) in [6.07, 6.45) is -0.418. The van der Waals surface area contributed by atoms with Crippen LogP contribution in [0.25, 0.3) is 0 Å². The topological polar surface area (TPSA) is 88.0 Å². The zero-order valence-corrected chi connectivity index (χ0v) is 21.8. The van der Waals surface area contributed by atoms with E-state index in [2.05, 4.69) is 5.32 Å². The Morgan fingerprint density at radius 2 is 1.73 bits per heavy atom. The van der Waals surface area contributed by atoms with Crippen molar-refractivity contribution in [2.75, 3.05) is 13.2 Å². The quantitative estimate of drug-likeness (QED) is 0.284. The molecule has 0 aliphatic carbocycles. The molecule has 3 N–H and O–H groups in total. The first-order valence-corrected chi connectivity index (χ1v) is 12.4. The fourth-order valence-corrected chi connectivity index (χ4v) is 3.97. The van der Waals surface area contributed by atoms with Gasteiger partial charge in [0.25, 0.3) is 0 Å². The molecule has 3 aromatic carbocycles. The Morgan fingerprint density at radius 1 is 1.05 bits per heavy atom. The van der Waals surface area contributed by atoms with Crippen LogP contribution in [0.1, 0.15) is 59.5 Å². The van der Waals surface area contributed by atoms with Crippen LogP contribution in [0.3, 0.4) is 0 Å². The molecular weight excluding hydrogens is 473 g/mol. The number of β-amino-alcohol motifs (C(OH)–C–C–N with tert-alkyl or cyclic N) is 1. The van der Waals surface area contributed by atoms with Gasteiger partial charge in [-0.2, -0.15) is 0 Å². The maximum absolute atomic E-state index is 13.9. The first kappa shape index (κ1) is 28.3. The number of rotatable bonds is 13. The molecule has 0 saturated carbocycles. The summed E-state index contributed by atoms with van der Waals surface area (Å²) in [5, 5.41) is 22.9. The number of nitrogens with one attached hydrogen (secondary N) is 1. The molecule has 2 atom stereocenters. The summed E-state index contributed by atoms with van der Waals surface area (Å²) in [6, 6.07) is 19.4.